The van der Waals surface area contributed by atoms with Crippen LogP contribution in [0.25, 0.3) is 0 Å². The second-order valence-electron chi connectivity index (χ2n) is 5.27. The van der Waals surface area contributed by atoms with Crippen LogP contribution < -0.4 is 4.74 Å². The van der Waals surface area contributed by atoms with Crippen LogP contribution in [0.4, 0.5) is 13.2 Å². The monoisotopic (exact) mass is 331 g/mol. The minimum atomic E-state index is -4.22. The molecule has 0 saturated heterocycles. The smallest absolute Gasteiger partial charge is 0.392 e. The third kappa shape index (κ3) is 5.40. The highest BCUT2D eigenvalue weighted by atomic mass is 19.4. The van der Waals surface area contributed by atoms with Gasteiger partial charge in [-0.05, 0) is 18.6 Å². The Morgan fingerprint density at radius 3 is 2.83 bits per heavy atom. The van der Waals surface area contributed by atoms with Gasteiger partial charge in [-0.3, -0.25) is 4.98 Å². The highest BCUT2D eigenvalue weighted by Gasteiger charge is 2.27. The second kappa shape index (κ2) is 7.65. The standard InChI is InChI=1S/C15H20F3N3O2/c1-12-9-13(11-21-5-2-4-20(21)6-7-22)19-10-14(12)23-8-3-15(16,17)18/h2,4,9-10,22H,3,5-8,11H2,1H3. The molecule has 0 atom stereocenters. The maximum atomic E-state index is 12.1. The molecule has 1 aliphatic heterocycles. The van der Waals surface area contributed by atoms with Crippen molar-refractivity contribution in [2.24, 2.45) is 0 Å². The van der Waals surface area contributed by atoms with E-state index in [9.17, 15) is 13.2 Å². The van der Waals surface area contributed by atoms with Crippen molar-refractivity contribution in [3.8, 4) is 5.75 Å². The number of aromatic nitrogens is 1. The zero-order chi connectivity index (χ0) is 16.9. The summed E-state index contributed by atoms with van der Waals surface area (Å²) in [6.07, 6.45) is 0.139. The lowest BCUT2D eigenvalue weighted by atomic mass is 10.2. The first-order valence-electron chi connectivity index (χ1n) is 7.33. The zero-order valence-corrected chi connectivity index (χ0v) is 12.9. The SMILES string of the molecule is Cc1cc(CN2CC=CN2CCO)ncc1OCCC(F)(F)F. The highest BCUT2D eigenvalue weighted by molar-refractivity contribution is 5.31. The molecule has 0 bridgehead atoms. The number of rotatable bonds is 7. The fourth-order valence-electron chi connectivity index (χ4n) is 2.27. The maximum Gasteiger partial charge on any atom is 0.392 e. The van der Waals surface area contributed by atoms with Crippen LogP contribution in [0, 0.1) is 6.92 Å². The number of β-amino-alcohol motifs (C(OH)–C–C–N with tert-alkyl or cyclic N) is 1. The Bertz CT molecular complexity index is 549. The van der Waals surface area contributed by atoms with Gasteiger partial charge in [-0.15, -0.1) is 0 Å². The van der Waals surface area contributed by atoms with Crippen molar-refractivity contribution in [3.05, 3.63) is 35.8 Å². The molecule has 5 nitrogen and oxygen atoms in total. The second-order valence-corrected chi connectivity index (χ2v) is 5.27. The minimum Gasteiger partial charge on any atom is -0.491 e. The molecule has 1 aromatic rings. The van der Waals surface area contributed by atoms with E-state index in [1.165, 1.54) is 6.20 Å². The van der Waals surface area contributed by atoms with E-state index in [0.29, 0.717) is 18.8 Å². The topological polar surface area (TPSA) is 48.8 Å². The molecular weight excluding hydrogens is 311 g/mol. The molecule has 0 unspecified atom stereocenters. The average Bonchev–Trinajstić information content (AvgIpc) is 2.88. The predicted molar refractivity (Wildman–Crippen MR) is 78.5 cm³/mol. The Morgan fingerprint density at radius 2 is 2.17 bits per heavy atom. The molecule has 128 valence electrons. The van der Waals surface area contributed by atoms with Crippen molar-refractivity contribution in [3.63, 3.8) is 0 Å². The molecule has 0 fully saturated rings. The lowest BCUT2D eigenvalue weighted by molar-refractivity contribution is -0.139. The van der Waals surface area contributed by atoms with E-state index < -0.39 is 19.2 Å². The van der Waals surface area contributed by atoms with Crippen LogP contribution in [0.1, 0.15) is 17.7 Å². The summed E-state index contributed by atoms with van der Waals surface area (Å²) < 4.78 is 41.5. The Morgan fingerprint density at radius 1 is 1.39 bits per heavy atom. The number of aryl methyl sites for hydroxylation is 1. The number of hydrogen-bond acceptors (Lipinski definition) is 5. The molecular formula is C15H20F3N3O2. The fraction of sp³-hybridized carbons (Fsp3) is 0.533. The minimum absolute atomic E-state index is 0.0548. The van der Waals surface area contributed by atoms with E-state index in [-0.39, 0.29) is 6.61 Å². The molecule has 23 heavy (non-hydrogen) atoms. The molecule has 0 saturated carbocycles. The molecule has 8 heteroatoms. The van der Waals surface area contributed by atoms with Gasteiger partial charge >= 0.3 is 6.18 Å². The summed E-state index contributed by atoms with van der Waals surface area (Å²) >= 11 is 0. The number of pyridine rings is 1. The fourth-order valence-corrected chi connectivity index (χ4v) is 2.27. The normalized spacial score (nSPS) is 15.4. The van der Waals surface area contributed by atoms with Crippen LogP contribution in [-0.2, 0) is 6.54 Å². The van der Waals surface area contributed by atoms with Gasteiger partial charge in [0.25, 0.3) is 0 Å². The highest BCUT2D eigenvalue weighted by Crippen LogP contribution is 2.22. The number of alkyl halides is 3. The third-order valence-electron chi connectivity index (χ3n) is 3.39. The van der Waals surface area contributed by atoms with Gasteiger partial charge in [0.05, 0.1) is 44.6 Å². The Hall–Kier alpha value is -1.80. The van der Waals surface area contributed by atoms with Crippen LogP contribution >= 0.6 is 0 Å². The summed E-state index contributed by atoms with van der Waals surface area (Å²) in [4.78, 5) is 4.25. The average molecular weight is 331 g/mol. The quantitative estimate of drug-likeness (QED) is 0.830. The van der Waals surface area contributed by atoms with E-state index in [1.807, 2.05) is 22.3 Å². The van der Waals surface area contributed by atoms with Crippen LogP contribution in [0.5, 0.6) is 5.75 Å². The number of aliphatic hydroxyl groups is 1. The molecule has 0 amide bonds. The van der Waals surface area contributed by atoms with Gasteiger partial charge in [-0.1, -0.05) is 6.08 Å². The first kappa shape index (κ1) is 17.6. The zero-order valence-electron chi connectivity index (χ0n) is 12.9. The number of nitrogens with zero attached hydrogens (tertiary/aromatic N) is 3. The van der Waals surface area contributed by atoms with Gasteiger partial charge in [0.1, 0.15) is 5.75 Å². The van der Waals surface area contributed by atoms with Gasteiger partial charge < -0.3 is 14.9 Å². The molecule has 1 aromatic heterocycles. The van der Waals surface area contributed by atoms with Crippen molar-refractivity contribution in [1.29, 1.82) is 0 Å². The summed E-state index contributed by atoms with van der Waals surface area (Å²) in [6, 6.07) is 1.80. The first-order chi connectivity index (χ1) is 10.9. The Balaban J connectivity index is 1.91. The largest absolute Gasteiger partial charge is 0.491 e. The first-order valence-corrected chi connectivity index (χ1v) is 7.33. The molecule has 0 spiro atoms. The van der Waals surface area contributed by atoms with E-state index >= 15 is 0 Å². The van der Waals surface area contributed by atoms with E-state index in [0.717, 1.165) is 17.8 Å². The van der Waals surface area contributed by atoms with Crippen LogP contribution in [0.3, 0.4) is 0 Å². The lowest BCUT2D eigenvalue weighted by Crippen LogP contribution is -2.36. The van der Waals surface area contributed by atoms with Crippen molar-refractivity contribution < 1.29 is 23.0 Å². The molecule has 0 radical (unpaired) electrons. The van der Waals surface area contributed by atoms with Gasteiger partial charge in [-0.25, -0.2) is 5.01 Å². The van der Waals surface area contributed by atoms with Crippen molar-refractivity contribution in [2.45, 2.75) is 26.1 Å². The summed E-state index contributed by atoms with van der Waals surface area (Å²) in [7, 11) is 0. The summed E-state index contributed by atoms with van der Waals surface area (Å²) in [5, 5.41) is 12.9. The van der Waals surface area contributed by atoms with E-state index in [4.69, 9.17) is 9.84 Å². The number of ether oxygens (including phenoxy) is 1. The molecule has 0 aromatic carbocycles. The van der Waals surface area contributed by atoms with Gasteiger partial charge in [-0.2, -0.15) is 13.2 Å². The van der Waals surface area contributed by atoms with E-state index in [1.54, 1.807) is 13.0 Å². The van der Waals surface area contributed by atoms with Crippen LogP contribution in [0.2, 0.25) is 0 Å². The third-order valence-corrected chi connectivity index (χ3v) is 3.39. The van der Waals surface area contributed by atoms with Gasteiger partial charge in [0.2, 0.25) is 0 Å². The lowest BCUT2D eigenvalue weighted by Gasteiger charge is -2.28. The van der Waals surface area contributed by atoms with Crippen LogP contribution in [0.15, 0.2) is 24.5 Å². The molecule has 2 rings (SSSR count). The summed E-state index contributed by atoms with van der Waals surface area (Å²) in [6.45, 7) is 3.21. The molecule has 0 aliphatic carbocycles. The van der Waals surface area contributed by atoms with Gasteiger partial charge in [0, 0.05) is 12.7 Å². The summed E-state index contributed by atoms with van der Waals surface area (Å²) in [5.41, 5.74) is 1.54. The Labute approximate surface area is 132 Å². The number of halogens is 3. The predicted octanol–water partition coefficient (Wildman–Crippen LogP) is 2.26. The maximum absolute atomic E-state index is 12.1. The number of aliphatic hydroxyl groups excluding tert-OH is 1. The van der Waals surface area contributed by atoms with Crippen LogP contribution in [-0.4, -0.2) is 52.6 Å². The molecule has 1 N–H and O–H groups in total. The number of hydrazine groups is 1. The van der Waals surface area contributed by atoms with Crippen molar-refractivity contribution in [2.75, 3.05) is 26.3 Å². The van der Waals surface area contributed by atoms with Gasteiger partial charge in [0.15, 0.2) is 0 Å². The Kier molecular flexibility index (Phi) is 5.84. The summed E-state index contributed by atoms with van der Waals surface area (Å²) in [5.74, 6) is 0.366. The molecule has 1 aliphatic rings. The van der Waals surface area contributed by atoms with Crippen molar-refractivity contribution in [1.82, 2.24) is 15.0 Å². The van der Waals surface area contributed by atoms with Crippen molar-refractivity contribution >= 4 is 0 Å². The number of hydrogen-bond donors (Lipinski definition) is 1. The van der Waals surface area contributed by atoms with E-state index in [2.05, 4.69) is 4.98 Å². The molecule has 2 heterocycles.